The summed E-state index contributed by atoms with van der Waals surface area (Å²) in [5.41, 5.74) is -0.155. The second kappa shape index (κ2) is 6.23. The Balaban J connectivity index is 2.17. The Hall–Kier alpha value is -1.60. The lowest BCUT2D eigenvalue weighted by atomic mass is 10.2. The van der Waals surface area contributed by atoms with Gasteiger partial charge in [-0.1, -0.05) is 29.9 Å². The number of amides is 1. The molecule has 0 bridgehead atoms. The number of anilines is 1. The van der Waals surface area contributed by atoms with Crippen LogP contribution in [0.3, 0.4) is 0 Å². The molecule has 20 heavy (non-hydrogen) atoms. The number of carbonyl (C=O) groups excluding carboxylic acids is 1. The minimum atomic E-state index is -1.14. The average molecular weight is 318 g/mol. The molecule has 2 aromatic rings. The van der Waals surface area contributed by atoms with Crippen molar-refractivity contribution in [3.05, 3.63) is 39.4 Å². The van der Waals surface area contributed by atoms with Crippen LogP contribution < -0.4 is 5.32 Å². The van der Waals surface area contributed by atoms with E-state index in [-0.39, 0.29) is 10.6 Å². The predicted octanol–water partition coefficient (Wildman–Crippen LogP) is 3.67. The van der Waals surface area contributed by atoms with Crippen LogP contribution in [-0.2, 0) is 6.42 Å². The third-order valence-electron chi connectivity index (χ3n) is 2.41. The summed E-state index contributed by atoms with van der Waals surface area (Å²) in [4.78, 5) is 11.9. The van der Waals surface area contributed by atoms with Gasteiger partial charge in [0.25, 0.3) is 5.91 Å². The van der Waals surface area contributed by atoms with Gasteiger partial charge >= 0.3 is 0 Å². The van der Waals surface area contributed by atoms with E-state index in [9.17, 15) is 13.6 Å². The second-order valence-electron chi connectivity index (χ2n) is 3.95. The Morgan fingerprint density at radius 3 is 2.75 bits per heavy atom. The molecule has 1 aromatic heterocycles. The first-order chi connectivity index (χ1) is 9.51. The molecule has 0 aliphatic heterocycles. The van der Waals surface area contributed by atoms with Crippen LogP contribution in [0.4, 0.5) is 13.9 Å². The zero-order valence-corrected chi connectivity index (χ0v) is 12.0. The average Bonchev–Trinajstić information content (AvgIpc) is 2.81. The Kier molecular flexibility index (Phi) is 4.61. The van der Waals surface area contributed by atoms with E-state index in [0.717, 1.165) is 30.0 Å². The molecular formula is C12H10ClF2N3OS. The van der Waals surface area contributed by atoms with Gasteiger partial charge in [-0.05, 0) is 18.6 Å². The first-order valence-corrected chi connectivity index (χ1v) is 6.99. The van der Waals surface area contributed by atoms with Crippen LogP contribution in [-0.4, -0.2) is 16.1 Å². The van der Waals surface area contributed by atoms with E-state index in [1.807, 2.05) is 6.92 Å². The number of hydrogen-bond donors (Lipinski definition) is 1. The first-order valence-electron chi connectivity index (χ1n) is 5.79. The summed E-state index contributed by atoms with van der Waals surface area (Å²) in [6.07, 6.45) is 1.68. The predicted molar refractivity (Wildman–Crippen MR) is 73.2 cm³/mol. The molecule has 2 rings (SSSR count). The topological polar surface area (TPSA) is 54.9 Å². The molecule has 1 aromatic carbocycles. The van der Waals surface area contributed by atoms with Crippen molar-refractivity contribution in [3.63, 3.8) is 0 Å². The lowest BCUT2D eigenvalue weighted by Gasteiger charge is -2.04. The van der Waals surface area contributed by atoms with Crippen molar-refractivity contribution >= 4 is 34.0 Å². The number of rotatable bonds is 4. The van der Waals surface area contributed by atoms with E-state index in [2.05, 4.69) is 15.5 Å². The van der Waals surface area contributed by atoms with Gasteiger partial charge in [0, 0.05) is 6.42 Å². The van der Waals surface area contributed by atoms with Gasteiger partial charge in [-0.2, -0.15) is 0 Å². The van der Waals surface area contributed by atoms with Crippen LogP contribution in [0.1, 0.15) is 28.7 Å². The number of hydrogen-bond acceptors (Lipinski definition) is 4. The maximum absolute atomic E-state index is 13.1. The van der Waals surface area contributed by atoms with E-state index < -0.39 is 17.5 Å². The smallest absolute Gasteiger partial charge is 0.259 e. The molecule has 0 saturated heterocycles. The summed E-state index contributed by atoms with van der Waals surface area (Å²) >= 11 is 6.95. The summed E-state index contributed by atoms with van der Waals surface area (Å²) in [5.74, 6) is -2.90. The maximum atomic E-state index is 13.1. The molecule has 106 valence electrons. The van der Waals surface area contributed by atoms with Crippen molar-refractivity contribution in [2.75, 3.05) is 5.32 Å². The number of nitrogens with zero attached hydrogens (tertiary/aromatic N) is 2. The molecule has 0 unspecified atom stereocenters. The fourth-order valence-corrected chi connectivity index (χ4v) is 2.55. The summed E-state index contributed by atoms with van der Waals surface area (Å²) in [7, 11) is 0. The van der Waals surface area contributed by atoms with Crippen LogP contribution in [0, 0.1) is 11.6 Å². The molecule has 0 aliphatic carbocycles. The quantitative estimate of drug-likeness (QED) is 0.875. The van der Waals surface area contributed by atoms with Gasteiger partial charge in [0.05, 0.1) is 10.6 Å². The largest absolute Gasteiger partial charge is 0.296 e. The van der Waals surface area contributed by atoms with E-state index in [4.69, 9.17) is 11.6 Å². The van der Waals surface area contributed by atoms with Crippen molar-refractivity contribution < 1.29 is 13.6 Å². The highest BCUT2D eigenvalue weighted by molar-refractivity contribution is 7.15. The van der Waals surface area contributed by atoms with E-state index in [0.29, 0.717) is 5.13 Å². The van der Waals surface area contributed by atoms with E-state index in [1.165, 1.54) is 11.3 Å². The van der Waals surface area contributed by atoms with Crippen LogP contribution >= 0.6 is 22.9 Å². The minimum absolute atomic E-state index is 0.155. The molecular weight excluding hydrogens is 308 g/mol. The minimum Gasteiger partial charge on any atom is -0.296 e. The van der Waals surface area contributed by atoms with Gasteiger partial charge < -0.3 is 0 Å². The lowest BCUT2D eigenvalue weighted by molar-refractivity contribution is 0.102. The zero-order valence-electron chi connectivity index (χ0n) is 10.4. The van der Waals surface area contributed by atoms with Crippen molar-refractivity contribution in [1.82, 2.24) is 10.2 Å². The number of aryl methyl sites for hydroxylation is 1. The molecule has 0 aliphatic rings. The van der Waals surface area contributed by atoms with Gasteiger partial charge in [0.15, 0.2) is 11.6 Å². The third-order valence-corrected chi connectivity index (χ3v) is 3.62. The molecule has 8 heteroatoms. The monoisotopic (exact) mass is 317 g/mol. The Labute approximate surface area is 122 Å². The molecule has 0 atom stereocenters. The zero-order chi connectivity index (χ0) is 14.7. The number of benzene rings is 1. The Morgan fingerprint density at radius 1 is 1.35 bits per heavy atom. The second-order valence-corrected chi connectivity index (χ2v) is 5.42. The highest BCUT2D eigenvalue weighted by atomic mass is 35.5. The SMILES string of the molecule is CCCc1nnc(NC(=O)c2cc(F)c(F)cc2Cl)s1. The lowest BCUT2D eigenvalue weighted by Crippen LogP contribution is -2.13. The standard InChI is InChI=1S/C12H10ClF2N3OS/c1-2-3-10-17-18-12(20-10)16-11(19)6-4-8(14)9(15)5-7(6)13/h4-5H,2-3H2,1H3,(H,16,18,19). The molecule has 0 fully saturated rings. The van der Waals surface area contributed by atoms with Crippen LogP contribution in [0.2, 0.25) is 5.02 Å². The fraction of sp³-hybridized carbons (Fsp3) is 0.250. The summed E-state index contributed by atoms with van der Waals surface area (Å²) in [5, 5.41) is 11.1. The van der Waals surface area contributed by atoms with Crippen molar-refractivity contribution in [3.8, 4) is 0 Å². The normalized spacial score (nSPS) is 10.6. The third kappa shape index (κ3) is 3.29. The molecule has 1 N–H and O–H groups in total. The fourth-order valence-electron chi connectivity index (χ4n) is 1.48. The Morgan fingerprint density at radius 2 is 2.05 bits per heavy atom. The number of nitrogens with one attached hydrogen (secondary N) is 1. The molecule has 0 radical (unpaired) electrons. The highest BCUT2D eigenvalue weighted by Gasteiger charge is 2.16. The summed E-state index contributed by atoms with van der Waals surface area (Å²) < 4.78 is 26.1. The molecule has 1 heterocycles. The Bertz CT molecular complexity index is 648. The number of aromatic nitrogens is 2. The maximum Gasteiger partial charge on any atom is 0.259 e. The summed E-state index contributed by atoms with van der Waals surface area (Å²) in [6, 6.07) is 1.51. The van der Waals surface area contributed by atoms with Gasteiger partial charge in [-0.3, -0.25) is 10.1 Å². The number of carbonyl (C=O) groups is 1. The number of halogens is 3. The van der Waals surface area contributed by atoms with E-state index in [1.54, 1.807) is 0 Å². The first kappa shape index (κ1) is 14.8. The van der Waals surface area contributed by atoms with Gasteiger partial charge in [0.2, 0.25) is 5.13 Å². The molecule has 4 nitrogen and oxygen atoms in total. The summed E-state index contributed by atoms with van der Waals surface area (Å²) in [6.45, 7) is 2.00. The van der Waals surface area contributed by atoms with Gasteiger partial charge in [-0.15, -0.1) is 10.2 Å². The van der Waals surface area contributed by atoms with Crippen molar-refractivity contribution in [2.45, 2.75) is 19.8 Å². The van der Waals surface area contributed by atoms with Gasteiger partial charge in [-0.25, -0.2) is 8.78 Å². The van der Waals surface area contributed by atoms with Crippen molar-refractivity contribution in [2.24, 2.45) is 0 Å². The van der Waals surface area contributed by atoms with E-state index >= 15 is 0 Å². The highest BCUT2D eigenvalue weighted by Crippen LogP contribution is 2.22. The van der Waals surface area contributed by atoms with Crippen LogP contribution in [0.25, 0.3) is 0 Å². The molecule has 0 spiro atoms. The van der Waals surface area contributed by atoms with Crippen LogP contribution in [0.5, 0.6) is 0 Å². The van der Waals surface area contributed by atoms with Crippen LogP contribution in [0.15, 0.2) is 12.1 Å². The molecule has 0 saturated carbocycles. The van der Waals surface area contributed by atoms with Gasteiger partial charge in [0.1, 0.15) is 5.01 Å². The molecule has 1 amide bonds. The van der Waals surface area contributed by atoms with Crippen molar-refractivity contribution in [1.29, 1.82) is 0 Å².